The van der Waals surface area contributed by atoms with Crippen LogP contribution in [0.25, 0.3) is 0 Å². The SMILES string of the molecule is CCc1ccc2c(c1)C(CCNC(=O)c1ccc(C(=O)O)nc1)C(=O)N2. The summed E-state index contributed by atoms with van der Waals surface area (Å²) in [5.74, 6) is -1.84. The lowest BCUT2D eigenvalue weighted by atomic mass is 9.95. The van der Waals surface area contributed by atoms with E-state index in [0.717, 1.165) is 17.7 Å². The van der Waals surface area contributed by atoms with Gasteiger partial charge in [-0.1, -0.05) is 19.1 Å². The van der Waals surface area contributed by atoms with E-state index in [2.05, 4.69) is 22.5 Å². The number of aryl methyl sites for hydroxylation is 1. The molecule has 1 atom stereocenters. The van der Waals surface area contributed by atoms with E-state index in [-0.39, 0.29) is 29.0 Å². The van der Waals surface area contributed by atoms with E-state index in [1.165, 1.54) is 23.9 Å². The van der Waals surface area contributed by atoms with Gasteiger partial charge in [-0.15, -0.1) is 0 Å². The van der Waals surface area contributed by atoms with Crippen molar-refractivity contribution in [1.82, 2.24) is 10.3 Å². The Labute approximate surface area is 150 Å². The van der Waals surface area contributed by atoms with E-state index >= 15 is 0 Å². The molecule has 2 heterocycles. The van der Waals surface area contributed by atoms with E-state index in [0.29, 0.717) is 13.0 Å². The molecule has 134 valence electrons. The smallest absolute Gasteiger partial charge is 0.354 e. The van der Waals surface area contributed by atoms with Gasteiger partial charge >= 0.3 is 5.97 Å². The van der Waals surface area contributed by atoms with Crippen molar-refractivity contribution < 1.29 is 19.5 Å². The van der Waals surface area contributed by atoms with Gasteiger partial charge in [0, 0.05) is 18.4 Å². The Hall–Kier alpha value is -3.22. The molecule has 7 nitrogen and oxygen atoms in total. The van der Waals surface area contributed by atoms with Gasteiger partial charge in [-0.2, -0.15) is 0 Å². The highest BCUT2D eigenvalue weighted by Crippen LogP contribution is 2.35. The number of carboxylic acids is 1. The second kappa shape index (κ2) is 7.35. The van der Waals surface area contributed by atoms with Gasteiger partial charge in [0.1, 0.15) is 5.69 Å². The summed E-state index contributed by atoms with van der Waals surface area (Å²) in [7, 11) is 0. The summed E-state index contributed by atoms with van der Waals surface area (Å²) >= 11 is 0. The number of amides is 2. The third-order valence-corrected chi connectivity index (χ3v) is 4.44. The molecule has 1 unspecified atom stereocenters. The zero-order chi connectivity index (χ0) is 18.7. The highest BCUT2D eigenvalue weighted by Gasteiger charge is 2.30. The number of anilines is 1. The molecule has 0 radical (unpaired) electrons. The number of carbonyl (C=O) groups excluding carboxylic acids is 2. The highest BCUT2D eigenvalue weighted by molar-refractivity contribution is 6.03. The zero-order valence-electron chi connectivity index (χ0n) is 14.3. The molecule has 1 aliphatic heterocycles. The largest absolute Gasteiger partial charge is 0.477 e. The molecule has 26 heavy (non-hydrogen) atoms. The van der Waals surface area contributed by atoms with Crippen LogP contribution in [0.15, 0.2) is 36.5 Å². The number of aromatic nitrogens is 1. The Bertz CT molecular complexity index is 862. The van der Waals surface area contributed by atoms with Crippen molar-refractivity contribution in [3.8, 4) is 0 Å². The number of nitrogens with zero attached hydrogens (tertiary/aromatic N) is 1. The molecule has 2 aromatic rings. The molecule has 0 fully saturated rings. The predicted molar refractivity (Wildman–Crippen MR) is 95.3 cm³/mol. The standard InChI is InChI=1S/C19H19N3O4/c1-2-11-3-5-15-14(9-11)13(18(24)22-15)7-8-20-17(23)12-4-6-16(19(25)26)21-10-12/h3-6,9-10,13H,2,7-8H2,1H3,(H,20,23)(H,22,24)(H,25,26). The maximum atomic E-state index is 12.2. The monoisotopic (exact) mass is 353 g/mol. The Kier molecular flexibility index (Phi) is 4.97. The fourth-order valence-electron chi connectivity index (χ4n) is 2.97. The number of carboxylic acid groups (broad SMARTS) is 1. The van der Waals surface area contributed by atoms with Crippen LogP contribution in [0.1, 0.15) is 51.2 Å². The fourth-order valence-corrected chi connectivity index (χ4v) is 2.97. The van der Waals surface area contributed by atoms with Gasteiger partial charge in [0.2, 0.25) is 5.91 Å². The van der Waals surface area contributed by atoms with Crippen molar-refractivity contribution in [1.29, 1.82) is 0 Å². The zero-order valence-corrected chi connectivity index (χ0v) is 14.3. The molecule has 7 heteroatoms. The first-order chi connectivity index (χ1) is 12.5. The minimum absolute atomic E-state index is 0.0602. The third kappa shape index (κ3) is 3.56. The van der Waals surface area contributed by atoms with Crippen molar-refractivity contribution in [2.45, 2.75) is 25.7 Å². The Morgan fingerprint density at radius 3 is 2.73 bits per heavy atom. The highest BCUT2D eigenvalue weighted by atomic mass is 16.4. The van der Waals surface area contributed by atoms with Crippen molar-refractivity contribution in [3.63, 3.8) is 0 Å². The lowest BCUT2D eigenvalue weighted by Crippen LogP contribution is -2.27. The summed E-state index contributed by atoms with van der Waals surface area (Å²) in [6.07, 6.45) is 2.60. The van der Waals surface area contributed by atoms with E-state index < -0.39 is 5.97 Å². The molecule has 3 rings (SSSR count). The Morgan fingerprint density at radius 1 is 1.27 bits per heavy atom. The van der Waals surface area contributed by atoms with E-state index in [4.69, 9.17) is 5.11 Å². The van der Waals surface area contributed by atoms with Crippen LogP contribution in [0.4, 0.5) is 5.69 Å². The average molecular weight is 353 g/mol. The number of nitrogens with one attached hydrogen (secondary N) is 2. The molecule has 1 aromatic carbocycles. The van der Waals surface area contributed by atoms with Crippen molar-refractivity contribution >= 4 is 23.5 Å². The van der Waals surface area contributed by atoms with Crippen LogP contribution in [0.5, 0.6) is 0 Å². The summed E-state index contributed by atoms with van der Waals surface area (Å²) in [6.45, 7) is 2.39. The maximum Gasteiger partial charge on any atom is 0.354 e. The molecule has 1 aliphatic rings. The van der Waals surface area contributed by atoms with Crippen LogP contribution >= 0.6 is 0 Å². The summed E-state index contributed by atoms with van der Waals surface area (Å²) in [5, 5.41) is 14.4. The number of pyridine rings is 1. The minimum Gasteiger partial charge on any atom is -0.477 e. The van der Waals surface area contributed by atoms with Crippen LogP contribution in [-0.4, -0.2) is 34.4 Å². The molecule has 0 bridgehead atoms. The Balaban J connectivity index is 1.60. The first-order valence-electron chi connectivity index (χ1n) is 8.40. The molecule has 1 aromatic heterocycles. The first-order valence-corrected chi connectivity index (χ1v) is 8.40. The second-order valence-electron chi connectivity index (χ2n) is 6.10. The number of aromatic carboxylic acids is 1. The van der Waals surface area contributed by atoms with Gasteiger partial charge < -0.3 is 15.7 Å². The van der Waals surface area contributed by atoms with Gasteiger partial charge in [-0.25, -0.2) is 9.78 Å². The second-order valence-corrected chi connectivity index (χ2v) is 6.10. The molecule has 0 spiro atoms. The normalized spacial score (nSPS) is 15.3. The van der Waals surface area contributed by atoms with Gasteiger partial charge in [0.15, 0.2) is 0 Å². The summed E-state index contributed by atoms with van der Waals surface area (Å²) in [5.41, 5.74) is 3.12. The number of rotatable bonds is 6. The van der Waals surface area contributed by atoms with Crippen LogP contribution in [0, 0.1) is 0 Å². The fraction of sp³-hybridized carbons (Fsp3) is 0.263. The molecule has 0 saturated carbocycles. The lowest BCUT2D eigenvalue weighted by molar-refractivity contribution is -0.117. The number of fused-ring (bicyclic) bond motifs is 1. The summed E-state index contributed by atoms with van der Waals surface area (Å²) in [6, 6.07) is 8.65. The molecular formula is C19H19N3O4. The third-order valence-electron chi connectivity index (χ3n) is 4.44. The molecule has 0 aliphatic carbocycles. The van der Waals surface area contributed by atoms with Crippen molar-refractivity contribution in [2.24, 2.45) is 0 Å². The van der Waals surface area contributed by atoms with E-state index in [1.54, 1.807) is 0 Å². The quantitative estimate of drug-likeness (QED) is 0.738. The summed E-state index contributed by atoms with van der Waals surface area (Å²) < 4.78 is 0. The van der Waals surface area contributed by atoms with Gasteiger partial charge in [0.05, 0.1) is 11.5 Å². The molecule has 0 saturated heterocycles. The van der Waals surface area contributed by atoms with Crippen LogP contribution in [-0.2, 0) is 11.2 Å². The maximum absolute atomic E-state index is 12.2. The predicted octanol–water partition coefficient (Wildman–Crippen LogP) is 2.20. The number of hydrogen-bond donors (Lipinski definition) is 3. The Morgan fingerprint density at radius 2 is 2.08 bits per heavy atom. The van der Waals surface area contributed by atoms with Crippen LogP contribution in [0.3, 0.4) is 0 Å². The minimum atomic E-state index is -1.14. The van der Waals surface area contributed by atoms with E-state index in [1.807, 2.05) is 18.2 Å². The van der Waals surface area contributed by atoms with Crippen LogP contribution in [0.2, 0.25) is 0 Å². The van der Waals surface area contributed by atoms with Crippen LogP contribution < -0.4 is 10.6 Å². The van der Waals surface area contributed by atoms with Crippen molar-refractivity contribution in [3.05, 3.63) is 58.9 Å². The number of carbonyl (C=O) groups is 3. The molecule has 2 amide bonds. The summed E-state index contributed by atoms with van der Waals surface area (Å²) in [4.78, 5) is 38.8. The van der Waals surface area contributed by atoms with Gasteiger partial charge in [0.25, 0.3) is 5.91 Å². The number of hydrogen-bond acceptors (Lipinski definition) is 4. The first kappa shape index (κ1) is 17.6. The van der Waals surface area contributed by atoms with Gasteiger partial charge in [-0.3, -0.25) is 9.59 Å². The molecule has 3 N–H and O–H groups in total. The molecular weight excluding hydrogens is 334 g/mol. The number of benzene rings is 1. The van der Waals surface area contributed by atoms with Gasteiger partial charge in [-0.05, 0) is 42.2 Å². The average Bonchev–Trinajstić information content (AvgIpc) is 2.96. The van der Waals surface area contributed by atoms with E-state index in [9.17, 15) is 14.4 Å². The van der Waals surface area contributed by atoms with Crippen molar-refractivity contribution in [2.75, 3.05) is 11.9 Å². The lowest BCUT2D eigenvalue weighted by Gasteiger charge is -2.11. The topological polar surface area (TPSA) is 108 Å².